The maximum absolute atomic E-state index is 10.9. The smallest absolute Gasteiger partial charge is 0.476 e. The third-order valence-electron chi connectivity index (χ3n) is 1.20. The average molecular weight is 183 g/mol. The van der Waals surface area contributed by atoms with Crippen molar-refractivity contribution in [1.29, 1.82) is 0 Å². The molecule has 0 bridgehead atoms. The zero-order valence-electron chi connectivity index (χ0n) is 7.06. The fourth-order valence-corrected chi connectivity index (χ4v) is 0.704. The van der Waals surface area contributed by atoms with E-state index >= 15 is 0 Å². The second-order valence-corrected chi connectivity index (χ2v) is 2.11. The molecule has 0 aliphatic heterocycles. The maximum atomic E-state index is 10.9. The molecule has 0 fully saturated rings. The van der Waals surface area contributed by atoms with Gasteiger partial charge in [0.15, 0.2) is 0 Å². The summed E-state index contributed by atoms with van der Waals surface area (Å²) in [5.74, 6) is -0.0963. The first-order valence-corrected chi connectivity index (χ1v) is 3.72. The molecule has 0 aromatic carbocycles. The van der Waals surface area contributed by atoms with Crippen molar-refractivity contribution in [2.75, 3.05) is 11.9 Å². The van der Waals surface area contributed by atoms with Crippen LogP contribution in [0.25, 0.3) is 0 Å². The lowest BCUT2D eigenvalue weighted by Gasteiger charge is -2.05. The fraction of sp³-hybridized carbons (Fsp3) is 0.286. The Morgan fingerprint density at radius 1 is 1.85 bits per heavy atom. The SMILES string of the molecule is CCOC(=O)Nc1nccc[n+]1[O-]. The van der Waals surface area contributed by atoms with Gasteiger partial charge < -0.3 is 9.94 Å². The van der Waals surface area contributed by atoms with Gasteiger partial charge in [0, 0.05) is 6.07 Å². The molecule has 1 aromatic heterocycles. The van der Waals surface area contributed by atoms with Crippen LogP contribution in [0.2, 0.25) is 0 Å². The monoisotopic (exact) mass is 183 g/mol. The predicted octanol–water partition coefficient (Wildman–Crippen LogP) is 0.283. The van der Waals surface area contributed by atoms with Crippen LogP contribution >= 0.6 is 0 Å². The minimum Gasteiger partial charge on any atom is -0.740 e. The maximum Gasteiger partial charge on any atom is 0.476 e. The van der Waals surface area contributed by atoms with E-state index in [0.717, 1.165) is 0 Å². The fourth-order valence-electron chi connectivity index (χ4n) is 0.704. The van der Waals surface area contributed by atoms with Crippen LogP contribution in [0.1, 0.15) is 6.92 Å². The van der Waals surface area contributed by atoms with Crippen molar-refractivity contribution in [3.8, 4) is 0 Å². The van der Waals surface area contributed by atoms with Gasteiger partial charge in [-0.05, 0) is 6.92 Å². The van der Waals surface area contributed by atoms with Gasteiger partial charge in [-0.1, -0.05) is 4.98 Å². The molecule has 0 atom stereocenters. The highest BCUT2D eigenvalue weighted by atomic mass is 16.5. The summed E-state index contributed by atoms with van der Waals surface area (Å²) in [6, 6.07) is 1.46. The Labute approximate surface area is 74.7 Å². The lowest BCUT2D eigenvalue weighted by molar-refractivity contribution is -0.592. The van der Waals surface area contributed by atoms with Crippen LogP contribution in [-0.4, -0.2) is 17.7 Å². The highest BCUT2D eigenvalue weighted by Gasteiger charge is 2.11. The lowest BCUT2D eigenvalue weighted by atomic mass is 10.7. The highest BCUT2D eigenvalue weighted by molar-refractivity contribution is 5.81. The van der Waals surface area contributed by atoms with Crippen LogP contribution in [-0.2, 0) is 4.74 Å². The average Bonchev–Trinajstić information content (AvgIpc) is 2.09. The lowest BCUT2D eigenvalue weighted by Crippen LogP contribution is -2.33. The molecule has 0 saturated heterocycles. The summed E-state index contributed by atoms with van der Waals surface area (Å²) in [4.78, 5) is 14.5. The first kappa shape index (κ1) is 9.24. The Bertz CT molecular complexity index is 303. The van der Waals surface area contributed by atoms with Crippen LogP contribution < -0.4 is 10.0 Å². The minimum atomic E-state index is -0.689. The molecule has 1 amide bonds. The third kappa shape index (κ3) is 2.58. The standard InChI is InChI=1S/C7H9N3O3/c1-2-13-7(11)9-6-8-4-3-5-10(6)12/h3-5H,2H2,1H3,(H,8,9,11). The molecule has 70 valence electrons. The molecule has 0 saturated carbocycles. The van der Waals surface area contributed by atoms with Gasteiger partial charge in [0.1, 0.15) is 6.20 Å². The number of carbonyl (C=O) groups is 1. The Morgan fingerprint density at radius 2 is 2.62 bits per heavy atom. The molecular formula is C7H9N3O3. The molecule has 0 aliphatic rings. The predicted molar refractivity (Wildman–Crippen MR) is 43.8 cm³/mol. The van der Waals surface area contributed by atoms with Gasteiger partial charge in [-0.3, -0.25) is 0 Å². The van der Waals surface area contributed by atoms with E-state index in [-0.39, 0.29) is 12.6 Å². The van der Waals surface area contributed by atoms with Crippen LogP contribution in [0.3, 0.4) is 0 Å². The van der Waals surface area contributed by atoms with Crippen LogP contribution in [0.5, 0.6) is 0 Å². The number of carbonyl (C=O) groups excluding carboxylic acids is 1. The Balaban J connectivity index is 2.63. The number of aromatic nitrogens is 2. The molecule has 0 radical (unpaired) electrons. The zero-order chi connectivity index (χ0) is 9.68. The summed E-state index contributed by atoms with van der Waals surface area (Å²) in [6.07, 6.45) is 1.94. The van der Waals surface area contributed by atoms with E-state index < -0.39 is 6.09 Å². The van der Waals surface area contributed by atoms with E-state index in [4.69, 9.17) is 0 Å². The summed E-state index contributed by atoms with van der Waals surface area (Å²) in [5.41, 5.74) is 0. The van der Waals surface area contributed by atoms with E-state index in [1.165, 1.54) is 18.5 Å². The van der Waals surface area contributed by atoms with Gasteiger partial charge in [0.2, 0.25) is 0 Å². The Morgan fingerprint density at radius 3 is 3.23 bits per heavy atom. The first-order valence-electron chi connectivity index (χ1n) is 3.72. The van der Waals surface area contributed by atoms with Crippen molar-refractivity contribution >= 4 is 12.0 Å². The van der Waals surface area contributed by atoms with Crippen molar-refractivity contribution in [1.82, 2.24) is 4.98 Å². The Kier molecular flexibility index (Phi) is 3.02. The number of anilines is 1. The molecule has 6 heteroatoms. The molecule has 0 unspecified atom stereocenters. The summed E-state index contributed by atoms with van der Waals surface area (Å²) in [7, 11) is 0. The number of rotatable bonds is 2. The van der Waals surface area contributed by atoms with E-state index in [1.807, 2.05) is 0 Å². The van der Waals surface area contributed by atoms with Gasteiger partial charge in [-0.25, -0.2) is 9.52 Å². The summed E-state index contributed by atoms with van der Waals surface area (Å²) < 4.78 is 5.00. The molecule has 13 heavy (non-hydrogen) atoms. The summed E-state index contributed by atoms with van der Waals surface area (Å²) >= 11 is 0. The quantitative estimate of drug-likeness (QED) is 0.527. The third-order valence-corrected chi connectivity index (χ3v) is 1.20. The molecule has 1 N–H and O–H groups in total. The topological polar surface area (TPSA) is 78.2 Å². The second kappa shape index (κ2) is 4.24. The van der Waals surface area contributed by atoms with Crippen molar-refractivity contribution in [2.45, 2.75) is 6.92 Å². The van der Waals surface area contributed by atoms with E-state index in [1.54, 1.807) is 6.92 Å². The van der Waals surface area contributed by atoms with Crippen molar-refractivity contribution in [2.24, 2.45) is 0 Å². The van der Waals surface area contributed by atoms with Crippen LogP contribution in [0.4, 0.5) is 10.7 Å². The molecule has 1 aromatic rings. The van der Waals surface area contributed by atoms with Crippen LogP contribution in [0, 0.1) is 5.21 Å². The van der Waals surface area contributed by atoms with Gasteiger partial charge >= 0.3 is 12.0 Å². The van der Waals surface area contributed by atoms with Crippen molar-refractivity contribution in [3.05, 3.63) is 23.7 Å². The van der Waals surface area contributed by atoms with Gasteiger partial charge in [-0.2, -0.15) is 5.32 Å². The van der Waals surface area contributed by atoms with E-state index in [0.29, 0.717) is 4.73 Å². The Hall–Kier alpha value is -1.85. The normalized spacial score (nSPS) is 9.31. The summed E-state index contributed by atoms with van der Waals surface area (Å²) in [6.45, 7) is 1.92. The van der Waals surface area contributed by atoms with Crippen LogP contribution in [0.15, 0.2) is 18.5 Å². The number of nitrogens with one attached hydrogen (secondary N) is 1. The number of amides is 1. The number of ether oxygens (including phenoxy) is 1. The van der Waals surface area contributed by atoms with Crippen molar-refractivity contribution in [3.63, 3.8) is 0 Å². The molecule has 0 aliphatic carbocycles. The van der Waals surface area contributed by atoms with E-state index in [2.05, 4.69) is 15.0 Å². The van der Waals surface area contributed by atoms with Gasteiger partial charge in [0.05, 0.1) is 12.8 Å². The minimum absolute atomic E-state index is 0.0963. The molecule has 1 rings (SSSR count). The zero-order valence-corrected chi connectivity index (χ0v) is 7.06. The van der Waals surface area contributed by atoms with Gasteiger partial charge in [0.25, 0.3) is 0 Å². The molecule has 0 spiro atoms. The molecular weight excluding hydrogens is 174 g/mol. The number of nitrogens with zero attached hydrogens (tertiary/aromatic N) is 2. The number of hydrogen-bond acceptors (Lipinski definition) is 4. The number of hydrogen-bond donors (Lipinski definition) is 1. The van der Waals surface area contributed by atoms with Crippen molar-refractivity contribution < 1.29 is 14.3 Å². The molecule has 6 nitrogen and oxygen atoms in total. The second-order valence-electron chi connectivity index (χ2n) is 2.11. The largest absolute Gasteiger partial charge is 0.740 e. The first-order chi connectivity index (χ1) is 6.24. The molecule has 1 heterocycles. The highest BCUT2D eigenvalue weighted by Crippen LogP contribution is 1.92. The van der Waals surface area contributed by atoms with Gasteiger partial charge in [-0.15, -0.1) is 0 Å². The van der Waals surface area contributed by atoms with E-state index in [9.17, 15) is 10.0 Å². The summed E-state index contributed by atoms with van der Waals surface area (Å²) in [5, 5.41) is 13.1.